The first-order valence-electron chi connectivity index (χ1n) is 7.15. The number of likely N-dealkylation sites (tertiary alicyclic amines) is 1. The summed E-state index contributed by atoms with van der Waals surface area (Å²) in [5.74, 6) is 1.57. The molecule has 2 aromatic rings. The largest absolute Gasteiger partial charge is 0.349 e. The molecule has 4 rings (SSSR count). The van der Waals surface area contributed by atoms with E-state index < -0.39 is 0 Å². The summed E-state index contributed by atoms with van der Waals surface area (Å²) in [4.78, 5) is 14.7. The van der Waals surface area contributed by atoms with Crippen LogP contribution in [0.1, 0.15) is 16.9 Å². The number of aromatic amines is 1. The van der Waals surface area contributed by atoms with Crippen molar-refractivity contribution in [1.82, 2.24) is 20.4 Å². The zero-order valence-corrected chi connectivity index (χ0v) is 11.5. The topological polar surface area (TPSA) is 61.0 Å². The van der Waals surface area contributed by atoms with Crippen LogP contribution < -0.4 is 5.32 Å². The number of benzene rings is 1. The fraction of sp³-hybridized carbons (Fsp3) is 0.467. The van der Waals surface area contributed by atoms with Crippen LogP contribution in [0, 0.1) is 11.8 Å². The molecule has 2 aliphatic rings. The summed E-state index contributed by atoms with van der Waals surface area (Å²) in [5, 5.41) is 11.0. The Balaban J connectivity index is 1.48. The number of H-pyrrole nitrogens is 1. The number of rotatable bonds is 3. The molecular formula is C15H18N4O. The minimum Gasteiger partial charge on any atom is -0.349 e. The number of hydrogen-bond donors (Lipinski definition) is 2. The van der Waals surface area contributed by atoms with Crippen LogP contribution in [0.25, 0.3) is 10.9 Å². The molecule has 0 radical (unpaired) electrons. The monoisotopic (exact) mass is 270 g/mol. The van der Waals surface area contributed by atoms with Gasteiger partial charge < -0.3 is 10.2 Å². The Morgan fingerprint density at radius 1 is 1.50 bits per heavy atom. The molecule has 5 heteroatoms. The number of nitrogens with zero attached hydrogens (tertiary/aromatic N) is 2. The van der Waals surface area contributed by atoms with Gasteiger partial charge in [0.15, 0.2) is 5.69 Å². The number of piperidine rings is 1. The third kappa shape index (κ3) is 1.81. The number of amides is 1. The Labute approximate surface area is 117 Å². The van der Waals surface area contributed by atoms with E-state index in [2.05, 4.69) is 27.5 Å². The average Bonchev–Trinajstić information content (AvgIpc) is 2.96. The summed E-state index contributed by atoms with van der Waals surface area (Å²) in [5.41, 5.74) is 1.39. The highest BCUT2D eigenvalue weighted by Gasteiger charge is 2.50. The minimum atomic E-state index is -0.0834. The highest BCUT2D eigenvalue weighted by molar-refractivity contribution is 6.04. The van der Waals surface area contributed by atoms with Crippen LogP contribution in [0.15, 0.2) is 24.3 Å². The van der Waals surface area contributed by atoms with Crippen LogP contribution in [0.5, 0.6) is 0 Å². The molecule has 2 N–H and O–H groups in total. The van der Waals surface area contributed by atoms with E-state index in [4.69, 9.17) is 0 Å². The second-order valence-corrected chi connectivity index (χ2v) is 5.99. The van der Waals surface area contributed by atoms with Gasteiger partial charge in [-0.3, -0.25) is 9.89 Å². The van der Waals surface area contributed by atoms with Crippen molar-refractivity contribution in [1.29, 1.82) is 0 Å². The van der Waals surface area contributed by atoms with Crippen molar-refractivity contribution in [2.75, 3.05) is 20.1 Å². The zero-order valence-electron chi connectivity index (χ0n) is 11.5. The third-order valence-corrected chi connectivity index (χ3v) is 4.72. The molecule has 3 atom stereocenters. The average molecular weight is 270 g/mol. The molecule has 0 spiro atoms. The van der Waals surface area contributed by atoms with Crippen molar-refractivity contribution in [3.63, 3.8) is 0 Å². The van der Waals surface area contributed by atoms with Crippen LogP contribution in [0.3, 0.4) is 0 Å². The number of likely N-dealkylation sites (N-methyl/N-ethyl adjacent to an activating group) is 1. The van der Waals surface area contributed by atoms with E-state index in [9.17, 15) is 4.79 Å². The predicted octanol–water partition coefficient (Wildman–Crippen LogP) is 1.24. The predicted molar refractivity (Wildman–Crippen MR) is 76.4 cm³/mol. The number of nitrogens with one attached hydrogen (secondary N) is 2. The molecular weight excluding hydrogens is 252 g/mol. The van der Waals surface area contributed by atoms with Gasteiger partial charge in [0.05, 0.1) is 5.52 Å². The number of carbonyl (C=O) groups is 1. The van der Waals surface area contributed by atoms with E-state index in [0.717, 1.165) is 29.3 Å². The van der Waals surface area contributed by atoms with Crippen molar-refractivity contribution < 1.29 is 4.79 Å². The summed E-state index contributed by atoms with van der Waals surface area (Å²) in [7, 11) is 2.15. The molecule has 2 fully saturated rings. The molecule has 2 heterocycles. The second kappa shape index (κ2) is 4.31. The van der Waals surface area contributed by atoms with Gasteiger partial charge in [0.1, 0.15) is 0 Å². The van der Waals surface area contributed by atoms with E-state index >= 15 is 0 Å². The lowest BCUT2D eigenvalue weighted by atomic mass is 10.1. The maximum absolute atomic E-state index is 12.3. The fourth-order valence-corrected chi connectivity index (χ4v) is 3.51. The van der Waals surface area contributed by atoms with E-state index in [1.807, 2.05) is 24.3 Å². The molecule has 1 saturated heterocycles. The quantitative estimate of drug-likeness (QED) is 0.882. The first-order valence-corrected chi connectivity index (χ1v) is 7.15. The number of aromatic nitrogens is 2. The highest BCUT2D eigenvalue weighted by Crippen LogP contribution is 2.48. The minimum absolute atomic E-state index is 0.0834. The van der Waals surface area contributed by atoms with Gasteiger partial charge in [-0.05, 0) is 31.4 Å². The lowest BCUT2D eigenvalue weighted by Gasteiger charge is -2.22. The van der Waals surface area contributed by atoms with Gasteiger partial charge in [-0.15, -0.1) is 0 Å². The highest BCUT2D eigenvalue weighted by atomic mass is 16.1. The molecule has 1 aromatic heterocycles. The lowest BCUT2D eigenvalue weighted by molar-refractivity contribution is 0.0937. The molecule has 1 unspecified atom stereocenters. The van der Waals surface area contributed by atoms with E-state index in [1.54, 1.807) is 0 Å². The molecule has 1 saturated carbocycles. The van der Waals surface area contributed by atoms with Crippen LogP contribution in [0.2, 0.25) is 0 Å². The van der Waals surface area contributed by atoms with E-state index in [1.165, 1.54) is 13.0 Å². The number of hydrogen-bond acceptors (Lipinski definition) is 3. The van der Waals surface area contributed by atoms with Crippen LogP contribution >= 0.6 is 0 Å². The molecule has 1 amide bonds. The second-order valence-electron chi connectivity index (χ2n) is 5.99. The maximum Gasteiger partial charge on any atom is 0.272 e. The standard InChI is InChI=1S/C15H18N4O/c1-19-8-9-6-11(9)13(19)7-16-15(20)14-10-4-2-3-5-12(10)17-18-14/h2-5,9,11,13H,6-8H2,1H3,(H,16,20)(H,17,18)/t9-,11?,13+/m0/s1. The maximum atomic E-state index is 12.3. The Bertz CT molecular complexity index is 663. The molecule has 1 aromatic carbocycles. The Morgan fingerprint density at radius 2 is 2.35 bits per heavy atom. The fourth-order valence-electron chi connectivity index (χ4n) is 3.51. The summed E-state index contributed by atoms with van der Waals surface area (Å²) in [6, 6.07) is 8.21. The first-order chi connectivity index (χ1) is 9.74. The van der Waals surface area contributed by atoms with Crippen molar-refractivity contribution >= 4 is 16.8 Å². The van der Waals surface area contributed by atoms with Gasteiger partial charge in [0.2, 0.25) is 0 Å². The Kier molecular flexibility index (Phi) is 2.57. The molecule has 1 aliphatic heterocycles. The summed E-state index contributed by atoms with van der Waals surface area (Å²) < 4.78 is 0. The van der Waals surface area contributed by atoms with Crippen molar-refractivity contribution in [2.24, 2.45) is 11.8 Å². The van der Waals surface area contributed by atoms with Crippen LogP contribution in [-0.2, 0) is 0 Å². The van der Waals surface area contributed by atoms with Gasteiger partial charge >= 0.3 is 0 Å². The molecule has 1 aliphatic carbocycles. The Hall–Kier alpha value is -1.88. The van der Waals surface area contributed by atoms with Gasteiger partial charge in [0.25, 0.3) is 5.91 Å². The summed E-state index contributed by atoms with van der Waals surface area (Å²) in [6.07, 6.45) is 1.33. The van der Waals surface area contributed by atoms with E-state index in [0.29, 0.717) is 11.7 Å². The molecule has 104 valence electrons. The van der Waals surface area contributed by atoms with Gasteiger partial charge in [0, 0.05) is 24.5 Å². The van der Waals surface area contributed by atoms with Crippen LogP contribution in [0.4, 0.5) is 0 Å². The van der Waals surface area contributed by atoms with Gasteiger partial charge in [-0.2, -0.15) is 5.10 Å². The van der Waals surface area contributed by atoms with Crippen molar-refractivity contribution in [3.8, 4) is 0 Å². The number of para-hydroxylation sites is 1. The molecule has 20 heavy (non-hydrogen) atoms. The van der Waals surface area contributed by atoms with Crippen molar-refractivity contribution in [3.05, 3.63) is 30.0 Å². The van der Waals surface area contributed by atoms with Gasteiger partial charge in [-0.25, -0.2) is 0 Å². The van der Waals surface area contributed by atoms with Crippen LogP contribution in [-0.4, -0.2) is 47.2 Å². The molecule has 0 bridgehead atoms. The molecule has 5 nitrogen and oxygen atoms in total. The SMILES string of the molecule is CN1C[C@@H]2CC2[C@H]1CNC(=O)c1n[nH]c2ccccc12. The van der Waals surface area contributed by atoms with Gasteiger partial charge in [-0.1, -0.05) is 18.2 Å². The smallest absolute Gasteiger partial charge is 0.272 e. The summed E-state index contributed by atoms with van der Waals surface area (Å²) in [6.45, 7) is 1.90. The normalized spacial score (nSPS) is 28.6. The van der Waals surface area contributed by atoms with Crippen molar-refractivity contribution in [2.45, 2.75) is 12.5 Å². The zero-order chi connectivity index (χ0) is 13.7. The lowest BCUT2D eigenvalue weighted by Crippen LogP contribution is -2.40. The van der Waals surface area contributed by atoms with E-state index in [-0.39, 0.29) is 5.91 Å². The third-order valence-electron chi connectivity index (χ3n) is 4.72. The number of fused-ring (bicyclic) bond motifs is 2. The summed E-state index contributed by atoms with van der Waals surface area (Å²) >= 11 is 0. The number of carbonyl (C=O) groups excluding carboxylic acids is 1. The first kappa shape index (κ1) is 11.9. The Morgan fingerprint density at radius 3 is 3.15 bits per heavy atom.